The van der Waals surface area contributed by atoms with Crippen molar-refractivity contribution in [1.82, 2.24) is 20.0 Å². The largest absolute Gasteiger partial charge is 0.311 e. The van der Waals surface area contributed by atoms with Crippen molar-refractivity contribution in [1.29, 1.82) is 0 Å². The first-order chi connectivity index (χ1) is 10.0. The highest BCUT2D eigenvalue weighted by atomic mass is 15.3. The Kier molecular flexibility index (Phi) is 5.44. The van der Waals surface area contributed by atoms with E-state index in [4.69, 9.17) is 0 Å². The lowest BCUT2D eigenvalue weighted by Crippen LogP contribution is -2.63. The number of nitrogens with one attached hydrogen (secondary N) is 1. The third-order valence-electron chi connectivity index (χ3n) is 5.40. The summed E-state index contributed by atoms with van der Waals surface area (Å²) in [7, 11) is 0. The zero-order chi connectivity index (χ0) is 15.5. The van der Waals surface area contributed by atoms with Crippen molar-refractivity contribution in [2.75, 3.05) is 13.1 Å². The van der Waals surface area contributed by atoms with Gasteiger partial charge in [-0.2, -0.15) is 5.10 Å². The fourth-order valence-electron chi connectivity index (χ4n) is 3.14. The molecular weight excluding hydrogens is 260 g/mol. The van der Waals surface area contributed by atoms with E-state index < -0.39 is 0 Å². The molecule has 4 heteroatoms. The second-order valence-corrected chi connectivity index (χ2v) is 6.81. The standard InChI is InChI=1S/C17H32N4/c1-6-14(4)16-12-20(17(5,7-2)13-18-16)10-15-9-19-21(8-3)11-15/h9,11,14,16,18H,6-8,10,12-13H2,1-5H3. The minimum Gasteiger partial charge on any atom is -0.311 e. The maximum atomic E-state index is 4.42. The Hall–Kier alpha value is -0.870. The summed E-state index contributed by atoms with van der Waals surface area (Å²) in [6.07, 6.45) is 6.63. The van der Waals surface area contributed by atoms with Crippen LogP contribution in [-0.2, 0) is 13.1 Å². The van der Waals surface area contributed by atoms with Gasteiger partial charge < -0.3 is 5.32 Å². The van der Waals surface area contributed by atoms with E-state index in [-0.39, 0.29) is 5.54 Å². The molecule has 3 unspecified atom stereocenters. The first kappa shape index (κ1) is 16.5. The molecule has 1 N–H and O–H groups in total. The molecular formula is C17H32N4. The number of piperazine rings is 1. The topological polar surface area (TPSA) is 33.1 Å². The minimum atomic E-state index is 0.248. The molecule has 1 saturated heterocycles. The van der Waals surface area contributed by atoms with E-state index in [1.54, 1.807) is 0 Å². The molecule has 0 bridgehead atoms. The second kappa shape index (κ2) is 6.93. The number of hydrogen-bond acceptors (Lipinski definition) is 3. The zero-order valence-electron chi connectivity index (χ0n) is 14.4. The van der Waals surface area contributed by atoms with Crippen LogP contribution in [0.15, 0.2) is 12.4 Å². The summed E-state index contributed by atoms with van der Waals surface area (Å²) in [6, 6.07) is 0.607. The highest BCUT2D eigenvalue weighted by Crippen LogP contribution is 2.27. The fourth-order valence-corrected chi connectivity index (χ4v) is 3.14. The molecule has 0 amide bonds. The Morgan fingerprint density at radius 1 is 1.43 bits per heavy atom. The summed E-state index contributed by atoms with van der Waals surface area (Å²) >= 11 is 0. The van der Waals surface area contributed by atoms with Crippen LogP contribution in [-0.4, -0.2) is 39.4 Å². The van der Waals surface area contributed by atoms with Crippen LogP contribution in [0.3, 0.4) is 0 Å². The third-order valence-corrected chi connectivity index (χ3v) is 5.40. The first-order valence-electron chi connectivity index (χ1n) is 8.52. The van der Waals surface area contributed by atoms with Crippen molar-refractivity contribution in [3.63, 3.8) is 0 Å². The summed E-state index contributed by atoms with van der Waals surface area (Å²) in [5, 5.41) is 8.20. The number of aryl methyl sites for hydroxylation is 1. The van der Waals surface area contributed by atoms with Gasteiger partial charge in [-0.1, -0.05) is 27.2 Å². The monoisotopic (exact) mass is 292 g/mol. The third kappa shape index (κ3) is 3.67. The van der Waals surface area contributed by atoms with Gasteiger partial charge in [0, 0.05) is 49.5 Å². The molecule has 120 valence electrons. The highest BCUT2D eigenvalue weighted by molar-refractivity contribution is 5.07. The van der Waals surface area contributed by atoms with E-state index in [9.17, 15) is 0 Å². The SMILES string of the molecule is CCC(C)C1CN(Cc2cnn(CC)c2)C(C)(CC)CN1. The van der Waals surface area contributed by atoms with Gasteiger partial charge in [0.15, 0.2) is 0 Å². The Labute approximate surface area is 129 Å². The zero-order valence-corrected chi connectivity index (χ0v) is 14.4. The van der Waals surface area contributed by atoms with Gasteiger partial charge in [-0.05, 0) is 26.2 Å². The summed E-state index contributed by atoms with van der Waals surface area (Å²) < 4.78 is 2.02. The van der Waals surface area contributed by atoms with Gasteiger partial charge in [0.25, 0.3) is 0 Å². The Morgan fingerprint density at radius 2 is 2.19 bits per heavy atom. The Morgan fingerprint density at radius 3 is 2.76 bits per heavy atom. The van der Waals surface area contributed by atoms with E-state index in [2.05, 4.69) is 56.1 Å². The van der Waals surface area contributed by atoms with Crippen molar-refractivity contribution in [3.05, 3.63) is 18.0 Å². The maximum absolute atomic E-state index is 4.42. The summed E-state index contributed by atoms with van der Waals surface area (Å²) in [5.74, 6) is 0.729. The van der Waals surface area contributed by atoms with Gasteiger partial charge in [-0.15, -0.1) is 0 Å². The lowest BCUT2D eigenvalue weighted by atomic mass is 9.87. The number of rotatable bonds is 6. The first-order valence-corrected chi connectivity index (χ1v) is 8.52. The van der Waals surface area contributed by atoms with Crippen LogP contribution in [0.1, 0.15) is 53.0 Å². The Balaban J connectivity index is 2.10. The van der Waals surface area contributed by atoms with Crippen LogP contribution >= 0.6 is 0 Å². The molecule has 0 spiro atoms. The van der Waals surface area contributed by atoms with E-state index >= 15 is 0 Å². The highest BCUT2D eigenvalue weighted by Gasteiger charge is 2.37. The molecule has 0 aliphatic carbocycles. The van der Waals surface area contributed by atoms with E-state index in [1.165, 1.54) is 18.4 Å². The van der Waals surface area contributed by atoms with Crippen LogP contribution in [0.25, 0.3) is 0 Å². The Bertz CT molecular complexity index is 442. The van der Waals surface area contributed by atoms with Crippen molar-refractivity contribution in [2.24, 2.45) is 5.92 Å². The predicted octanol–water partition coefficient (Wildman–Crippen LogP) is 2.89. The maximum Gasteiger partial charge on any atom is 0.0534 e. The van der Waals surface area contributed by atoms with E-state index in [0.717, 1.165) is 32.1 Å². The van der Waals surface area contributed by atoms with Crippen LogP contribution in [0, 0.1) is 5.92 Å². The lowest BCUT2D eigenvalue weighted by Gasteiger charge is -2.49. The second-order valence-electron chi connectivity index (χ2n) is 6.81. The molecule has 0 saturated carbocycles. The summed E-state index contributed by atoms with van der Waals surface area (Å²) in [5.41, 5.74) is 1.58. The molecule has 0 radical (unpaired) electrons. The molecule has 1 aliphatic rings. The fraction of sp³-hybridized carbons (Fsp3) is 0.824. The minimum absolute atomic E-state index is 0.248. The van der Waals surface area contributed by atoms with Gasteiger partial charge >= 0.3 is 0 Å². The van der Waals surface area contributed by atoms with Crippen LogP contribution in [0.2, 0.25) is 0 Å². The average Bonchev–Trinajstić information content (AvgIpc) is 2.96. The lowest BCUT2D eigenvalue weighted by molar-refractivity contribution is 0.0294. The molecule has 1 aromatic heterocycles. The van der Waals surface area contributed by atoms with Crippen LogP contribution in [0.4, 0.5) is 0 Å². The molecule has 2 heterocycles. The number of nitrogens with zero attached hydrogens (tertiary/aromatic N) is 3. The molecule has 4 nitrogen and oxygen atoms in total. The quantitative estimate of drug-likeness (QED) is 0.875. The molecule has 21 heavy (non-hydrogen) atoms. The average molecular weight is 292 g/mol. The molecule has 1 fully saturated rings. The van der Waals surface area contributed by atoms with Crippen molar-refractivity contribution >= 4 is 0 Å². The molecule has 1 aromatic rings. The molecule has 3 atom stereocenters. The van der Waals surface area contributed by atoms with Crippen molar-refractivity contribution < 1.29 is 0 Å². The van der Waals surface area contributed by atoms with Crippen LogP contribution < -0.4 is 5.32 Å². The smallest absolute Gasteiger partial charge is 0.0534 e. The predicted molar refractivity (Wildman–Crippen MR) is 88.3 cm³/mol. The van der Waals surface area contributed by atoms with Gasteiger partial charge in [0.2, 0.25) is 0 Å². The van der Waals surface area contributed by atoms with Gasteiger partial charge in [-0.3, -0.25) is 9.58 Å². The van der Waals surface area contributed by atoms with Crippen molar-refractivity contribution in [2.45, 2.75) is 72.1 Å². The summed E-state index contributed by atoms with van der Waals surface area (Å²) in [4.78, 5) is 2.66. The van der Waals surface area contributed by atoms with Crippen molar-refractivity contribution in [3.8, 4) is 0 Å². The number of aromatic nitrogens is 2. The van der Waals surface area contributed by atoms with E-state index in [1.807, 2.05) is 10.9 Å². The van der Waals surface area contributed by atoms with Gasteiger partial charge in [-0.25, -0.2) is 0 Å². The number of hydrogen-bond donors (Lipinski definition) is 1. The molecule has 2 rings (SSSR count). The van der Waals surface area contributed by atoms with E-state index in [0.29, 0.717) is 6.04 Å². The van der Waals surface area contributed by atoms with Gasteiger partial charge in [0.05, 0.1) is 6.20 Å². The molecule has 1 aliphatic heterocycles. The summed E-state index contributed by atoms with van der Waals surface area (Å²) in [6.45, 7) is 15.6. The van der Waals surface area contributed by atoms with Gasteiger partial charge in [0.1, 0.15) is 0 Å². The van der Waals surface area contributed by atoms with Crippen LogP contribution in [0.5, 0.6) is 0 Å². The molecule has 0 aromatic carbocycles. The normalized spacial score (nSPS) is 28.7.